The van der Waals surface area contributed by atoms with Gasteiger partial charge in [0.05, 0.1) is 11.4 Å². The van der Waals surface area contributed by atoms with Crippen molar-refractivity contribution in [2.75, 3.05) is 0 Å². The molecule has 0 amide bonds. The molecule has 0 atom stereocenters. The molecule has 0 aliphatic heterocycles. The maximum Gasteiger partial charge on any atom is 0.0515 e. The van der Waals surface area contributed by atoms with Crippen LogP contribution in [0, 0.1) is 0 Å². The molecule has 3 nitrogen and oxygen atoms in total. The lowest BCUT2D eigenvalue weighted by atomic mass is 10.1. The van der Waals surface area contributed by atoms with Crippen molar-refractivity contribution < 1.29 is 0 Å². The third-order valence-corrected chi connectivity index (χ3v) is 3.10. The highest BCUT2D eigenvalue weighted by atomic mass is 15.0. The van der Waals surface area contributed by atoms with Gasteiger partial charge in [0, 0.05) is 36.9 Å². The lowest BCUT2D eigenvalue weighted by molar-refractivity contribution is 0.950. The van der Waals surface area contributed by atoms with Crippen LogP contribution in [0.15, 0.2) is 67.3 Å². The van der Waals surface area contributed by atoms with E-state index in [2.05, 4.69) is 27.3 Å². The van der Waals surface area contributed by atoms with Gasteiger partial charge in [-0.15, -0.1) is 0 Å². The molecule has 3 aromatic rings. The molecule has 0 aliphatic rings. The molecule has 0 radical (unpaired) electrons. The molecule has 18 heavy (non-hydrogen) atoms. The predicted molar refractivity (Wildman–Crippen MR) is 73.0 cm³/mol. The molecule has 0 aliphatic carbocycles. The average molecular weight is 237 g/mol. The van der Waals surface area contributed by atoms with Gasteiger partial charge in [0.15, 0.2) is 0 Å². The highest BCUT2D eigenvalue weighted by molar-refractivity contribution is 5.54. The van der Waals surface area contributed by atoms with Crippen molar-refractivity contribution in [3.63, 3.8) is 0 Å². The number of nitrogens with zero attached hydrogens (tertiary/aromatic N) is 2. The SMILES string of the molecule is NCc1c(-n2cccc2)cccc1-n1cccc1. The quantitative estimate of drug-likeness (QED) is 0.747. The van der Waals surface area contributed by atoms with Crippen LogP contribution in [0.5, 0.6) is 0 Å². The van der Waals surface area contributed by atoms with E-state index in [1.165, 1.54) is 0 Å². The second-order valence-electron chi connectivity index (χ2n) is 4.16. The fourth-order valence-corrected chi connectivity index (χ4v) is 2.25. The van der Waals surface area contributed by atoms with Crippen LogP contribution in [-0.4, -0.2) is 9.13 Å². The van der Waals surface area contributed by atoms with Gasteiger partial charge in [-0.1, -0.05) is 6.07 Å². The minimum Gasteiger partial charge on any atom is -0.326 e. The standard InChI is InChI=1S/C15H15N3/c16-12-13-14(17-8-1-2-9-17)6-5-7-15(13)18-10-3-4-11-18/h1-11H,12,16H2. The number of rotatable bonds is 3. The van der Waals surface area contributed by atoms with Crippen LogP contribution in [0.4, 0.5) is 0 Å². The van der Waals surface area contributed by atoms with Crippen LogP contribution < -0.4 is 5.73 Å². The van der Waals surface area contributed by atoms with Crippen molar-refractivity contribution >= 4 is 0 Å². The molecule has 90 valence electrons. The third kappa shape index (κ3) is 1.75. The molecule has 2 N–H and O–H groups in total. The first-order chi connectivity index (χ1) is 8.90. The summed E-state index contributed by atoms with van der Waals surface area (Å²) in [7, 11) is 0. The van der Waals surface area contributed by atoms with E-state index in [4.69, 9.17) is 5.73 Å². The first kappa shape index (κ1) is 10.9. The minimum absolute atomic E-state index is 0.516. The first-order valence-electron chi connectivity index (χ1n) is 5.99. The van der Waals surface area contributed by atoms with Gasteiger partial charge in [-0.2, -0.15) is 0 Å². The van der Waals surface area contributed by atoms with Crippen LogP contribution in [0.25, 0.3) is 11.4 Å². The largest absolute Gasteiger partial charge is 0.326 e. The summed E-state index contributed by atoms with van der Waals surface area (Å²) in [6.07, 6.45) is 8.14. The van der Waals surface area contributed by atoms with E-state index in [0.717, 1.165) is 16.9 Å². The molecule has 0 fully saturated rings. The number of hydrogen-bond donors (Lipinski definition) is 1. The Morgan fingerprint density at radius 2 is 1.17 bits per heavy atom. The number of aromatic nitrogens is 2. The second-order valence-corrected chi connectivity index (χ2v) is 4.16. The molecule has 0 spiro atoms. The first-order valence-corrected chi connectivity index (χ1v) is 5.99. The molecule has 2 aromatic heterocycles. The normalized spacial score (nSPS) is 10.7. The van der Waals surface area contributed by atoms with Crippen molar-refractivity contribution in [2.24, 2.45) is 5.73 Å². The zero-order valence-electron chi connectivity index (χ0n) is 10.0. The molecule has 2 heterocycles. The van der Waals surface area contributed by atoms with Gasteiger partial charge in [0.2, 0.25) is 0 Å². The predicted octanol–water partition coefficient (Wildman–Crippen LogP) is 2.73. The van der Waals surface area contributed by atoms with Crippen LogP contribution in [-0.2, 0) is 6.54 Å². The maximum absolute atomic E-state index is 5.94. The van der Waals surface area contributed by atoms with Crippen LogP contribution in [0.3, 0.4) is 0 Å². The monoisotopic (exact) mass is 237 g/mol. The minimum atomic E-state index is 0.516. The summed E-state index contributed by atoms with van der Waals surface area (Å²) in [5, 5.41) is 0. The van der Waals surface area contributed by atoms with Gasteiger partial charge in [0.1, 0.15) is 0 Å². The Morgan fingerprint density at radius 1 is 0.722 bits per heavy atom. The molecule has 0 bridgehead atoms. The second kappa shape index (κ2) is 4.55. The number of nitrogens with two attached hydrogens (primary N) is 1. The van der Waals surface area contributed by atoms with Gasteiger partial charge in [0.25, 0.3) is 0 Å². The van der Waals surface area contributed by atoms with E-state index in [1.54, 1.807) is 0 Å². The summed E-state index contributed by atoms with van der Waals surface area (Å²) >= 11 is 0. The van der Waals surface area contributed by atoms with Crippen molar-refractivity contribution in [3.05, 3.63) is 72.8 Å². The van der Waals surface area contributed by atoms with Gasteiger partial charge in [-0.05, 0) is 36.4 Å². The smallest absolute Gasteiger partial charge is 0.0515 e. The molecule has 0 saturated carbocycles. The Kier molecular flexibility index (Phi) is 2.74. The molecular weight excluding hydrogens is 222 g/mol. The Hall–Kier alpha value is -2.26. The molecular formula is C15H15N3. The maximum atomic E-state index is 5.94. The van der Waals surface area contributed by atoms with Crippen molar-refractivity contribution in [1.82, 2.24) is 9.13 Å². The summed E-state index contributed by atoms with van der Waals surface area (Å²) in [5.41, 5.74) is 9.35. The van der Waals surface area contributed by atoms with Crippen molar-refractivity contribution in [1.29, 1.82) is 0 Å². The summed E-state index contributed by atoms with van der Waals surface area (Å²) in [6, 6.07) is 14.3. The summed E-state index contributed by atoms with van der Waals surface area (Å²) in [5.74, 6) is 0. The lowest BCUT2D eigenvalue weighted by Crippen LogP contribution is -2.08. The molecule has 0 unspecified atom stereocenters. The van der Waals surface area contributed by atoms with E-state index in [0.29, 0.717) is 6.54 Å². The Bertz CT molecular complexity index is 569. The fraction of sp³-hybridized carbons (Fsp3) is 0.0667. The van der Waals surface area contributed by atoms with Crippen LogP contribution in [0.1, 0.15) is 5.56 Å². The lowest BCUT2D eigenvalue weighted by Gasteiger charge is -2.15. The van der Waals surface area contributed by atoms with Crippen molar-refractivity contribution in [3.8, 4) is 11.4 Å². The highest BCUT2D eigenvalue weighted by Gasteiger charge is 2.08. The van der Waals surface area contributed by atoms with Crippen LogP contribution in [0.2, 0.25) is 0 Å². The van der Waals surface area contributed by atoms with Crippen LogP contribution >= 0.6 is 0 Å². The highest BCUT2D eigenvalue weighted by Crippen LogP contribution is 2.22. The Labute approximate surface area is 106 Å². The summed E-state index contributed by atoms with van der Waals surface area (Å²) in [6.45, 7) is 0.516. The van der Waals surface area contributed by atoms with Crippen molar-refractivity contribution in [2.45, 2.75) is 6.54 Å². The number of hydrogen-bond acceptors (Lipinski definition) is 1. The molecule has 3 rings (SSSR count). The van der Waals surface area contributed by atoms with E-state index in [9.17, 15) is 0 Å². The molecule has 3 heteroatoms. The zero-order chi connectivity index (χ0) is 12.4. The Balaban J connectivity index is 2.20. The summed E-state index contributed by atoms with van der Waals surface area (Å²) < 4.78 is 4.18. The number of benzene rings is 1. The summed E-state index contributed by atoms with van der Waals surface area (Å²) in [4.78, 5) is 0. The van der Waals surface area contributed by atoms with Gasteiger partial charge < -0.3 is 14.9 Å². The Morgan fingerprint density at radius 3 is 1.56 bits per heavy atom. The fourth-order valence-electron chi connectivity index (χ4n) is 2.25. The zero-order valence-corrected chi connectivity index (χ0v) is 10.0. The molecule has 1 aromatic carbocycles. The van der Waals surface area contributed by atoms with E-state index >= 15 is 0 Å². The average Bonchev–Trinajstić information content (AvgIpc) is 3.10. The van der Waals surface area contributed by atoms with E-state index in [1.807, 2.05) is 49.1 Å². The third-order valence-electron chi connectivity index (χ3n) is 3.10. The topological polar surface area (TPSA) is 35.9 Å². The van der Waals surface area contributed by atoms with E-state index < -0.39 is 0 Å². The van der Waals surface area contributed by atoms with E-state index in [-0.39, 0.29) is 0 Å². The van der Waals surface area contributed by atoms with Gasteiger partial charge >= 0.3 is 0 Å². The van der Waals surface area contributed by atoms with Gasteiger partial charge in [-0.3, -0.25) is 0 Å². The molecule has 0 saturated heterocycles. The van der Waals surface area contributed by atoms with Gasteiger partial charge in [-0.25, -0.2) is 0 Å².